The fourth-order valence-corrected chi connectivity index (χ4v) is 2.74. The topological polar surface area (TPSA) is 9.23 Å². The van der Waals surface area contributed by atoms with E-state index >= 15 is 0 Å². The molecule has 110 valence electrons. The Balaban J connectivity index is 2.01. The molecular formula is C21H20O. The van der Waals surface area contributed by atoms with Crippen molar-refractivity contribution in [3.8, 4) is 16.9 Å². The van der Waals surface area contributed by atoms with Gasteiger partial charge in [-0.2, -0.15) is 0 Å². The van der Waals surface area contributed by atoms with Crippen LogP contribution < -0.4 is 4.74 Å². The molecule has 1 aliphatic rings. The van der Waals surface area contributed by atoms with Gasteiger partial charge in [0.15, 0.2) is 0 Å². The van der Waals surface area contributed by atoms with Gasteiger partial charge in [-0.15, -0.1) is 0 Å². The molecule has 0 aromatic heterocycles. The first kappa shape index (κ1) is 14.4. The predicted octanol–water partition coefficient (Wildman–Crippen LogP) is 5.35. The standard InChI is InChI=1S/C21H20O/c1-2-15-22-21-19(16-17-9-6-7-10-17)13-8-14-20(21)18-11-4-3-5-12-18/h2-6,8-14H,1,7,15-16H2. The van der Waals surface area contributed by atoms with Gasteiger partial charge in [0, 0.05) is 12.0 Å². The summed E-state index contributed by atoms with van der Waals surface area (Å²) in [7, 11) is 0. The van der Waals surface area contributed by atoms with Crippen molar-refractivity contribution in [1.82, 2.24) is 0 Å². The molecule has 0 heterocycles. The number of rotatable bonds is 6. The van der Waals surface area contributed by atoms with Crippen LogP contribution in [0.25, 0.3) is 11.1 Å². The molecule has 0 N–H and O–H groups in total. The summed E-state index contributed by atoms with van der Waals surface area (Å²) in [5.41, 5.74) is 4.90. The Labute approximate surface area is 132 Å². The third-order valence-corrected chi connectivity index (χ3v) is 3.77. The number of allylic oxidation sites excluding steroid dienone is 4. The van der Waals surface area contributed by atoms with Crippen LogP contribution in [0.4, 0.5) is 0 Å². The predicted molar refractivity (Wildman–Crippen MR) is 93.1 cm³/mol. The number of benzene rings is 2. The first-order valence-corrected chi connectivity index (χ1v) is 7.65. The van der Waals surface area contributed by atoms with Gasteiger partial charge in [0.25, 0.3) is 0 Å². The molecule has 1 nitrogen and oxygen atoms in total. The molecule has 0 bridgehead atoms. The van der Waals surface area contributed by atoms with Gasteiger partial charge in [-0.3, -0.25) is 0 Å². The lowest BCUT2D eigenvalue weighted by Crippen LogP contribution is -2.00. The summed E-state index contributed by atoms with van der Waals surface area (Å²) in [6, 6.07) is 16.8. The van der Waals surface area contributed by atoms with Crippen LogP contribution in [0.1, 0.15) is 12.0 Å². The Bertz CT molecular complexity index is 708. The van der Waals surface area contributed by atoms with E-state index in [1.165, 1.54) is 16.7 Å². The zero-order chi connectivity index (χ0) is 15.2. The number of hydrogen-bond acceptors (Lipinski definition) is 1. The molecule has 0 atom stereocenters. The maximum atomic E-state index is 6.01. The van der Waals surface area contributed by atoms with Gasteiger partial charge in [0.1, 0.15) is 12.4 Å². The van der Waals surface area contributed by atoms with Crippen molar-refractivity contribution in [3.63, 3.8) is 0 Å². The Kier molecular flexibility index (Phi) is 4.55. The summed E-state index contributed by atoms with van der Waals surface area (Å²) >= 11 is 0. The van der Waals surface area contributed by atoms with E-state index in [1.807, 2.05) is 6.07 Å². The fourth-order valence-electron chi connectivity index (χ4n) is 2.74. The van der Waals surface area contributed by atoms with Crippen molar-refractivity contribution in [1.29, 1.82) is 0 Å². The highest BCUT2D eigenvalue weighted by Crippen LogP contribution is 2.35. The average molecular weight is 288 g/mol. The Morgan fingerprint density at radius 2 is 1.91 bits per heavy atom. The van der Waals surface area contributed by atoms with E-state index in [4.69, 9.17) is 4.74 Å². The molecule has 0 radical (unpaired) electrons. The first-order valence-electron chi connectivity index (χ1n) is 7.65. The second-order valence-electron chi connectivity index (χ2n) is 5.35. The highest BCUT2D eigenvalue weighted by molar-refractivity contribution is 5.72. The van der Waals surface area contributed by atoms with Crippen LogP contribution in [0, 0.1) is 0 Å². The Morgan fingerprint density at radius 1 is 1.05 bits per heavy atom. The smallest absolute Gasteiger partial charge is 0.131 e. The molecule has 2 aromatic rings. The van der Waals surface area contributed by atoms with Gasteiger partial charge in [0.05, 0.1) is 0 Å². The molecule has 0 amide bonds. The SMILES string of the molecule is C=CCOc1c(CC2=CCC=C2)cccc1-c1ccccc1. The van der Waals surface area contributed by atoms with E-state index in [9.17, 15) is 0 Å². The highest BCUT2D eigenvalue weighted by Gasteiger charge is 2.12. The summed E-state index contributed by atoms with van der Waals surface area (Å²) in [6.45, 7) is 4.28. The average Bonchev–Trinajstić information content (AvgIpc) is 3.07. The van der Waals surface area contributed by atoms with Crippen molar-refractivity contribution in [3.05, 3.63) is 90.6 Å². The molecule has 0 saturated heterocycles. The molecule has 0 fully saturated rings. The summed E-state index contributed by atoms with van der Waals surface area (Å²) in [5.74, 6) is 0.967. The highest BCUT2D eigenvalue weighted by atomic mass is 16.5. The summed E-state index contributed by atoms with van der Waals surface area (Å²) < 4.78 is 6.01. The van der Waals surface area contributed by atoms with Gasteiger partial charge in [-0.25, -0.2) is 0 Å². The number of para-hydroxylation sites is 1. The maximum absolute atomic E-state index is 6.01. The van der Waals surface area contributed by atoms with Crippen LogP contribution in [0.5, 0.6) is 5.75 Å². The Morgan fingerprint density at radius 3 is 2.64 bits per heavy atom. The van der Waals surface area contributed by atoms with E-state index in [0.717, 1.165) is 24.2 Å². The quantitative estimate of drug-likeness (QED) is 0.651. The monoisotopic (exact) mass is 288 g/mol. The van der Waals surface area contributed by atoms with Crippen LogP contribution in [0.15, 0.2) is 85.0 Å². The lowest BCUT2D eigenvalue weighted by atomic mass is 9.97. The zero-order valence-corrected chi connectivity index (χ0v) is 12.7. The molecule has 0 unspecified atom stereocenters. The molecule has 0 aliphatic heterocycles. The van der Waals surface area contributed by atoms with E-state index in [0.29, 0.717) is 6.61 Å². The van der Waals surface area contributed by atoms with Crippen molar-refractivity contribution in [2.45, 2.75) is 12.8 Å². The van der Waals surface area contributed by atoms with Crippen LogP contribution in [0.3, 0.4) is 0 Å². The lowest BCUT2D eigenvalue weighted by molar-refractivity contribution is 0.361. The van der Waals surface area contributed by atoms with Gasteiger partial charge in [-0.05, 0) is 23.1 Å². The van der Waals surface area contributed by atoms with Crippen LogP contribution >= 0.6 is 0 Å². The minimum absolute atomic E-state index is 0.520. The second kappa shape index (κ2) is 6.95. The van der Waals surface area contributed by atoms with Gasteiger partial charge in [0.2, 0.25) is 0 Å². The molecule has 1 heteroatoms. The number of ether oxygens (including phenoxy) is 1. The molecular weight excluding hydrogens is 268 g/mol. The van der Waals surface area contributed by atoms with Gasteiger partial charge in [-0.1, -0.05) is 79.4 Å². The normalized spacial score (nSPS) is 13.0. The maximum Gasteiger partial charge on any atom is 0.131 e. The summed E-state index contributed by atoms with van der Waals surface area (Å²) in [4.78, 5) is 0. The third kappa shape index (κ3) is 3.20. The molecule has 22 heavy (non-hydrogen) atoms. The van der Waals surface area contributed by atoms with Crippen molar-refractivity contribution in [2.75, 3.05) is 6.61 Å². The van der Waals surface area contributed by atoms with Gasteiger partial charge >= 0.3 is 0 Å². The van der Waals surface area contributed by atoms with Crippen LogP contribution in [-0.2, 0) is 6.42 Å². The minimum Gasteiger partial charge on any atom is -0.489 e. The molecule has 1 aliphatic carbocycles. The third-order valence-electron chi connectivity index (χ3n) is 3.77. The van der Waals surface area contributed by atoms with E-state index in [2.05, 4.69) is 67.3 Å². The van der Waals surface area contributed by atoms with E-state index in [-0.39, 0.29) is 0 Å². The molecule has 3 rings (SSSR count). The Hall–Kier alpha value is -2.54. The summed E-state index contributed by atoms with van der Waals surface area (Å²) in [6.07, 6.45) is 10.4. The first-order chi connectivity index (χ1) is 10.9. The van der Waals surface area contributed by atoms with Crippen LogP contribution in [0.2, 0.25) is 0 Å². The molecule has 2 aromatic carbocycles. The zero-order valence-electron chi connectivity index (χ0n) is 12.7. The molecule has 0 spiro atoms. The van der Waals surface area contributed by atoms with Gasteiger partial charge < -0.3 is 4.74 Å². The number of hydrogen-bond donors (Lipinski definition) is 0. The van der Waals surface area contributed by atoms with Crippen LogP contribution in [-0.4, -0.2) is 6.61 Å². The second-order valence-corrected chi connectivity index (χ2v) is 5.35. The molecule has 0 saturated carbocycles. The minimum atomic E-state index is 0.520. The summed E-state index contributed by atoms with van der Waals surface area (Å²) in [5, 5.41) is 0. The van der Waals surface area contributed by atoms with Crippen molar-refractivity contribution in [2.24, 2.45) is 0 Å². The van der Waals surface area contributed by atoms with Crippen molar-refractivity contribution < 1.29 is 4.74 Å². The van der Waals surface area contributed by atoms with E-state index in [1.54, 1.807) is 6.08 Å². The lowest BCUT2D eigenvalue weighted by Gasteiger charge is -2.15. The van der Waals surface area contributed by atoms with E-state index < -0.39 is 0 Å². The fraction of sp³-hybridized carbons (Fsp3) is 0.143. The van der Waals surface area contributed by atoms with Crippen molar-refractivity contribution >= 4 is 0 Å². The largest absolute Gasteiger partial charge is 0.489 e.